The minimum Gasteiger partial charge on any atom is -0.465 e. The van der Waals surface area contributed by atoms with E-state index in [9.17, 15) is 4.79 Å². The molecule has 0 radical (unpaired) electrons. The minimum absolute atomic E-state index is 0.135. The summed E-state index contributed by atoms with van der Waals surface area (Å²) in [6.45, 7) is 6.78. The first-order chi connectivity index (χ1) is 11.6. The van der Waals surface area contributed by atoms with Crippen molar-refractivity contribution < 1.29 is 9.21 Å². The average Bonchev–Trinajstić information content (AvgIpc) is 3.29. The summed E-state index contributed by atoms with van der Waals surface area (Å²) in [6.07, 6.45) is 5.33. The number of hydrogen-bond donors (Lipinski definition) is 1. The lowest BCUT2D eigenvalue weighted by Crippen LogP contribution is -2.45. The van der Waals surface area contributed by atoms with Crippen LogP contribution in [0.3, 0.4) is 0 Å². The zero-order valence-electron chi connectivity index (χ0n) is 14.3. The lowest BCUT2D eigenvalue weighted by Gasteiger charge is -2.40. The third-order valence-corrected chi connectivity index (χ3v) is 5.47. The van der Waals surface area contributed by atoms with Crippen molar-refractivity contribution in [1.82, 2.24) is 14.8 Å². The number of furan rings is 1. The Hall–Kier alpha value is -2.01. The van der Waals surface area contributed by atoms with Crippen LogP contribution >= 0.6 is 0 Å². The van der Waals surface area contributed by atoms with Crippen LogP contribution in [0.4, 0.5) is 0 Å². The van der Waals surface area contributed by atoms with E-state index >= 15 is 0 Å². The molecule has 0 bridgehead atoms. The number of nitrogens with one attached hydrogen (secondary N) is 1. The molecule has 4 rings (SSSR count). The highest BCUT2D eigenvalue weighted by Gasteiger charge is 2.43. The summed E-state index contributed by atoms with van der Waals surface area (Å²) in [6, 6.07) is 7.85. The SMILES string of the molecule is Cc1ccc(CN2CCC[C@]3(CCN(C(=O)c4ccc[nH]4)C3)C2)o1. The number of H-pyrrole nitrogens is 1. The number of nitrogens with zero attached hydrogens (tertiary/aromatic N) is 2. The third kappa shape index (κ3) is 3.00. The second kappa shape index (κ2) is 6.13. The fourth-order valence-corrected chi connectivity index (χ4v) is 4.31. The summed E-state index contributed by atoms with van der Waals surface area (Å²) in [7, 11) is 0. The van der Waals surface area contributed by atoms with Crippen molar-refractivity contribution in [3.63, 3.8) is 0 Å². The van der Waals surface area contributed by atoms with Crippen molar-refractivity contribution >= 4 is 5.91 Å². The zero-order valence-corrected chi connectivity index (χ0v) is 14.3. The summed E-state index contributed by atoms with van der Waals surface area (Å²) >= 11 is 0. The molecule has 1 spiro atoms. The quantitative estimate of drug-likeness (QED) is 0.943. The molecule has 5 heteroatoms. The Morgan fingerprint density at radius 2 is 2.17 bits per heavy atom. The molecule has 2 aromatic heterocycles. The van der Waals surface area contributed by atoms with Gasteiger partial charge in [0, 0.05) is 31.2 Å². The van der Waals surface area contributed by atoms with Gasteiger partial charge in [-0.05, 0) is 57.0 Å². The van der Waals surface area contributed by atoms with E-state index in [1.54, 1.807) is 0 Å². The molecule has 2 fully saturated rings. The number of aromatic amines is 1. The average molecular weight is 327 g/mol. The van der Waals surface area contributed by atoms with Crippen LogP contribution in [-0.4, -0.2) is 46.9 Å². The number of aromatic nitrogens is 1. The molecular weight excluding hydrogens is 302 g/mol. The summed E-state index contributed by atoms with van der Waals surface area (Å²) in [5, 5.41) is 0. The fourth-order valence-electron chi connectivity index (χ4n) is 4.31. The number of piperidine rings is 1. The molecule has 0 unspecified atom stereocenters. The molecule has 1 atom stereocenters. The number of rotatable bonds is 3. The highest BCUT2D eigenvalue weighted by Crippen LogP contribution is 2.39. The van der Waals surface area contributed by atoms with Crippen molar-refractivity contribution in [2.24, 2.45) is 5.41 Å². The number of carbonyl (C=O) groups excluding carboxylic acids is 1. The van der Waals surface area contributed by atoms with Crippen LogP contribution in [0, 0.1) is 12.3 Å². The first kappa shape index (κ1) is 15.5. The largest absolute Gasteiger partial charge is 0.465 e. The number of likely N-dealkylation sites (tertiary alicyclic amines) is 2. The molecule has 1 amide bonds. The minimum atomic E-state index is 0.135. The second-order valence-electron chi connectivity index (χ2n) is 7.39. The van der Waals surface area contributed by atoms with Gasteiger partial charge in [0.1, 0.15) is 17.2 Å². The van der Waals surface area contributed by atoms with Gasteiger partial charge in [0.15, 0.2) is 0 Å². The van der Waals surface area contributed by atoms with Crippen molar-refractivity contribution in [1.29, 1.82) is 0 Å². The van der Waals surface area contributed by atoms with E-state index in [1.165, 1.54) is 12.8 Å². The molecule has 0 aromatic carbocycles. The van der Waals surface area contributed by atoms with Crippen LogP contribution in [0.15, 0.2) is 34.9 Å². The van der Waals surface area contributed by atoms with E-state index in [-0.39, 0.29) is 11.3 Å². The van der Waals surface area contributed by atoms with Gasteiger partial charge in [0.05, 0.1) is 6.54 Å². The Morgan fingerprint density at radius 3 is 2.92 bits per heavy atom. The van der Waals surface area contributed by atoms with Gasteiger partial charge in [-0.25, -0.2) is 0 Å². The van der Waals surface area contributed by atoms with Gasteiger partial charge in [-0.3, -0.25) is 9.69 Å². The Kier molecular flexibility index (Phi) is 3.96. The predicted octanol–water partition coefficient (Wildman–Crippen LogP) is 3.04. The molecule has 1 N–H and O–H groups in total. The molecule has 2 saturated heterocycles. The molecule has 0 saturated carbocycles. The van der Waals surface area contributed by atoms with Gasteiger partial charge in [-0.2, -0.15) is 0 Å². The van der Waals surface area contributed by atoms with E-state index < -0.39 is 0 Å². The topological polar surface area (TPSA) is 52.5 Å². The summed E-state index contributed by atoms with van der Waals surface area (Å²) < 4.78 is 5.74. The first-order valence-electron chi connectivity index (χ1n) is 8.84. The summed E-state index contributed by atoms with van der Waals surface area (Å²) in [4.78, 5) is 20.1. The van der Waals surface area contributed by atoms with Crippen molar-refractivity contribution in [3.05, 3.63) is 47.7 Å². The lowest BCUT2D eigenvalue weighted by atomic mass is 9.79. The maximum atomic E-state index is 12.6. The van der Waals surface area contributed by atoms with Crippen LogP contribution in [-0.2, 0) is 6.54 Å². The second-order valence-corrected chi connectivity index (χ2v) is 7.39. The normalized spacial score (nSPS) is 24.8. The van der Waals surface area contributed by atoms with E-state index in [4.69, 9.17) is 4.42 Å². The van der Waals surface area contributed by atoms with Gasteiger partial charge in [-0.15, -0.1) is 0 Å². The Bertz CT molecular complexity index is 706. The number of carbonyl (C=O) groups is 1. The molecule has 5 nitrogen and oxygen atoms in total. The van der Waals surface area contributed by atoms with Crippen molar-refractivity contribution in [2.45, 2.75) is 32.7 Å². The molecule has 24 heavy (non-hydrogen) atoms. The van der Waals surface area contributed by atoms with Gasteiger partial charge in [0.2, 0.25) is 0 Å². The first-order valence-corrected chi connectivity index (χ1v) is 8.84. The van der Waals surface area contributed by atoms with E-state index in [2.05, 4.69) is 16.0 Å². The van der Waals surface area contributed by atoms with Crippen LogP contribution in [0.2, 0.25) is 0 Å². The number of hydrogen-bond acceptors (Lipinski definition) is 3. The van der Waals surface area contributed by atoms with Gasteiger partial charge in [0.25, 0.3) is 5.91 Å². The molecule has 2 aliphatic rings. The maximum Gasteiger partial charge on any atom is 0.270 e. The van der Waals surface area contributed by atoms with Crippen LogP contribution in [0.25, 0.3) is 0 Å². The third-order valence-electron chi connectivity index (χ3n) is 5.47. The Morgan fingerprint density at radius 1 is 1.25 bits per heavy atom. The summed E-state index contributed by atoms with van der Waals surface area (Å²) in [5.41, 5.74) is 0.952. The molecule has 2 aromatic rings. The monoisotopic (exact) mass is 327 g/mol. The maximum absolute atomic E-state index is 12.6. The lowest BCUT2D eigenvalue weighted by molar-refractivity contribution is 0.0655. The van der Waals surface area contributed by atoms with E-state index in [1.807, 2.05) is 36.2 Å². The van der Waals surface area contributed by atoms with Gasteiger partial charge < -0.3 is 14.3 Å². The van der Waals surface area contributed by atoms with Crippen LogP contribution < -0.4 is 0 Å². The summed E-state index contributed by atoms with van der Waals surface area (Å²) in [5.74, 6) is 2.15. The predicted molar refractivity (Wildman–Crippen MR) is 91.7 cm³/mol. The van der Waals surface area contributed by atoms with E-state index in [0.29, 0.717) is 5.69 Å². The zero-order chi connectivity index (χ0) is 16.6. The van der Waals surface area contributed by atoms with Crippen LogP contribution in [0.5, 0.6) is 0 Å². The van der Waals surface area contributed by atoms with Gasteiger partial charge >= 0.3 is 0 Å². The highest BCUT2D eigenvalue weighted by atomic mass is 16.3. The Balaban J connectivity index is 1.41. The van der Waals surface area contributed by atoms with Crippen molar-refractivity contribution in [2.75, 3.05) is 26.2 Å². The highest BCUT2D eigenvalue weighted by molar-refractivity contribution is 5.92. The smallest absolute Gasteiger partial charge is 0.270 e. The van der Waals surface area contributed by atoms with Gasteiger partial charge in [-0.1, -0.05) is 0 Å². The molecule has 2 aliphatic heterocycles. The molecule has 0 aliphatic carbocycles. The van der Waals surface area contributed by atoms with Crippen LogP contribution in [0.1, 0.15) is 41.3 Å². The standard InChI is InChI=1S/C19H25N3O2/c1-15-5-6-16(24-15)12-21-10-3-7-19(13-21)8-11-22(14-19)18(23)17-4-2-9-20-17/h2,4-6,9,20H,3,7-8,10-14H2,1H3/t19-/m0/s1. The Labute approximate surface area is 142 Å². The molecule has 128 valence electrons. The molecular formula is C19H25N3O2. The van der Waals surface area contributed by atoms with E-state index in [0.717, 1.165) is 50.7 Å². The number of aryl methyl sites for hydroxylation is 1. The van der Waals surface area contributed by atoms with Crippen molar-refractivity contribution in [3.8, 4) is 0 Å². The fraction of sp³-hybridized carbons (Fsp3) is 0.526. The number of amides is 1. The molecule has 4 heterocycles.